The number of benzene rings is 2. The van der Waals surface area contributed by atoms with Crippen LogP contribution in [0, 0.1) is 17.8 Å². The van der Waals surface area contributed by atoms with Crippen LogP contribution in [-0.2, 0) is 6.42 Å². The Hall–Kier alpha value is -2.55. The Morgan fingerprint density at radius 3 is 2.20 bits per heavy atom. The third-order valence-electron chi connectivity index (χ3n) is 8.81. The number of allylic oxidation sites excluding steroid dienone is 2. The number of unbranched alkanes of at least 4 members (excludes halogenated alkanes) is 4. The number of hydrogen-bond acceptors (Lipinski definition) is 3. The van der Waals surface area contributed by atoms with Gasteiger partial charge in [0.2, 0.25) is 0 Å². The van der Waals surface area contributed by atoms with E-state index < -0.39 is 0 Å². The topological polar surface area (TPSA) is 35.5 Å². The zero-order valence-electron chi connectivity index (χ0n) is 25.5. The summed E-state index contributed by atoms with van der Waals surface area (Å²) >= 11 is 0. The average molecular weight is 547 g/mol. The molecule has 0 unspecified atom stereocenters. The summed E-state index contributed by atoms with van der Waals surface area (Å²) in [7, 11) is 0. The fourth-order valence-electron chi connectivity index (χ4n) is 5.78. The Morgan fingerprint density at radius 2 is 1.52 bits per heavy atom. The summed E-state index contributed by atoms with van der Waals surface area (Å²) in [6, 6.07) is 15.4. The van der Waals surface area contributed by atoms with Crippen molar-refractivity contribution < 1.29 is 14.3 Å². The summed E-state index contributed by atoms with van der Waals surface area (Å²) in [5, 5.41) is 0. The van der Waals surface area contributed by atoms with Crippen molar-refractivity contribution in [1.29, 1.82) is 0 Å². The molecule has 0 spiro atoms. The molecule has 0 N–H and O–H groups in total. The van der Waals surface area contributed by atoms with Crippen LogP contribution in [0.25, 0.3) is 0 Å². The fourth-order valence-corrected chi connectivity index (χ4v) is 5.78. The number of ether oxygens (including phenoxy) is 2. The maximum Gasteiger partial charge on any atom is 0.343 e. The van der Waals surface area contributed by atoms with Crippen molar-refractivity contribution in [2.45, 2.75) is 117 Å². The second kappa shape index (κ2) is 18.7. The molecule has 1 fully saturated rings. The van der Waals surface area contributed by atoms with Gasteiger partial charge in [-0.25, -0.2) is 4.79 Å². The fraction of sp³-hybridized carbons (Fsp3) is 0.595. The monoisotopic (exact) mass is 546 g/mol. The first kappa shape index (κ1) is 32.0. The van der Waals surface area contributed by atoms with Crippen LogP contribution in [0.5, 0.6) is 11.5 Å². The molecule has 3 heteroatoms. The molecule has 0 aromatic heterocycles. The molecule has 2 aromatic rings. The minimum Gasteiger partial charge on any atom is -0.494 e. The van der Waals surface area contributed by atoms with E-state index in [4.69, 9.17) is 9.47 Å². The van der Waals surface area contributed by atoms with Gasteiger partial charge in [-0.05, 0) is 98.7 Å². The third-order valence-corrected chi connectivity index (χ3v) is 8.81. The Balaban J connectivity index is 1.30. The second-order valence-corrected chi connectivity index (χ2v) is 12.0. The molecule has 1 atom stereocenters. The average Bonchev–Trinajstić information content (AvgIpc) is 2.99. The molecule has 0 radical (unpaired) electrons. The van der Waals surface area contributed by atoms with Crippen LogP contribution in [0.1, 0.15) is 127 Å². The van der Waals surface area contributed by atoms with Gasteiger partial charge in [0.25, 0.3) is 0 Å². The molecule has 0 heterocycles. The molecule has 0 saturated heterocycles. The van der Waals surface area contributed by atoms with Gasteiger partial charge in [-0.15, -0.1) is 0 Å². The lowest BCUT2D eigenvalue weighted by Gasteiger charge is -2.28. The van der Waals surface area contributed by atoms with E-state index >= 15 is 0 Å². The lowest BCUT2D eigenvalue weighted by atomic mass is 9.78. The smallest absolute Gasteiger partial charge is 0.343 e. The maximum atomic E-state index is 12.6. The van der Waals surface area contributed by atoms with E-state index in [0.717, 1.165) is 43.0 Å². The van der Waals surface area contributed by atoms with Crippen LogP contribution in [0.3, 0.4) is 0 Å². The van der Waals surface area contributed by atoms with Gasteiger partial charge in [0.1, 0.15) is 11.5 Å². The molecule has 0 aliphatic heterocycles. The van der Waals surface area contributed by atoms with E-state index in [1.165, 1.54) is 89.0 Å². The van der Waals surface area contributed by atoms with Crippen molar-refractivity contribution in [3.63, 3.8) is 0 Å². The van der Waals surface area contributed by atoms with E-state index in [0.29, 0.717) is 11.3 Å². The highest BCUT2D eigenvalue weighted by molar-refractivity contribution is 5.91. The van der Waals surface area contributed by atoms with E-state index in [1.807, 2.05) is 24.3 Å². The molecule has 220 valence electrons. The minimum atomic E-state index is -0.331. The van der Waals surface area contributed by atoms with Gasteiger partial charge in [0.15, 0.2) is 0 Å². The zero-order valence-corrected chi connectivity index (χ0v) is 25.5. The highest BCUT2D eigenvalue weighted by Crippen LogP contribution is 2.34. The van der Waals surface area contributed by atoms with Gasteiger partial charge in [-0.3, -0.25) is 0 Å². The molecule has 0 amide bonds. The molecule has 3 nitrogen and oxygen atoms in total. The first-order valence-corrected chi connectivity index (χ1v) is 16.2. The van der Waals surface area contributed by atoms with Gasteiger partial charge in [-0.1, -0.05) is 102 Å². The molecular formula is C37H54O3. The second-order valence-electron chi connectivity index (χ2n) is 12.0. The summed E-state index contributed by atoms with van der Waals surface area (Å²) in [5.74, 6) is 3.70. The van der Waals surface area contributed by atoms with Crippen LogP contribution >= 0.6 is 0 Å². The van der Waals surface area contributed by atoms with Gasteiger partial charge in [-0.2, -0.15) is 0 Å². The van der Waals surface area contributed by atoms with E-state index in [9.17, 15) is 4.79 Å². The highest BCUT2D eigenvalue weighted by atomic mass is 16.5. The molecular weight excluding hydrogens is 492 g/mol. The molecule has 1 saturated carbocycles. The van der Waals surface area contributed by atoms with Gasteiger partial charge in [0, 0.05) is 0 Å². The number of esters is 1. The molecule has 1 aliphatic rings. The number of aryl methyl sites for hydroxylation is 1. The highest BCUT2D eigenvalue weighted by Gasteiger charge is 2.20. The molecule has 1 aliphatic carbocycles. The molecule has 40 heavy (non-hydrogen) atoms. The summed E-state index contributed by atoms with van der Waals surface area (Å²) in [5.41, 5.74) is 1.87. The summed E-state index contributed by atoms with van der Waals surface area (Å²) < 4.78 is 11.5. The Labute approximate surface area is 244 Å². The lowest BCUT2D eigenvalue weighted by molar-refractivity contribution is 0.0734. The van der Waals surface area contributed by atoms with Crippen molar-refractivity contribution in [3.8, 4) is 11.5 Å². The Bertz CT molecular complexity index is 967. The number of rotatable bonds is 18. The van der Waals surface area contributed by atoms with E-state index in [1.54, 1.807) is 12.1 Å². The summed E-state index contributed by atoms with van der Waals surface area (Å²) in [6.07, 6.45) is 23.9. The zero-order chi connectivity index (χ0) is 28.4. The largest absolute Gasteiger partial charge is 0.494 e. The van der Waals surface area contributed by atoms with Crippen LogP contribution < -0.4 is 9.47 Å². The first-order valence-electron chi connectivity index (χ1n) is 16.2. The van der Waals surface area contributed by atoms with Gasteiger partial charge < -0.3 is 9.47 Å². The van der Waals surface area contributed by atoms with Crippen molar-refractivity contribution in [1.82, 2.24) is 0 Å². The number of hydrogen-bond donors (Lipinski definition) is 0. The van der Waals surface area contributed by atoms with Crippen LogP contribution in [-0.4, -0.2) is 12.6 Å². The maximum absolute atomic E-state index is 12.6. The van der Waals surface area contributed by atoms with Gasteiger partial charge in [0.05, 0.1) is 12.2 Å². The van der Waals surface area contributed by atoms with Gasteiger partial charge >= 0.3 is 5.97 Å². The number of carbonyl (C=O) groups is 1. The quantitative estimate of drug-likeness (QED) is 0.0807. The molecule has 2 aromatic carbocycles. The molecule has 0 bridgehead atoms. The van der Waals surface area contributed by atoms with Crippen molar-refractivity contribution in [3.05, 3.63) is 71.8 Å². The van der Waals surface area contributed by atoms with Crippen molar-refractivity contribution >= 4 is 5.97 Å². The van der Waals surface area contributed by atoms with Crippen LogP contribution in [0.15, 0.2) is 60.7 Å². The molecule has 3 rings (SSSR count). The van der Waals surface area contributed by atoms with E-state index in [-0.39, 0.29) is 5.97 Å². The van der Waals surface area contributed by atoms with Crippen molar-refractivity contribution in [2.75, 3.05) is 6.61 Å². The normalized spacial score (nSPS) is 18.1. The third kappa shape index (κ3) is 12.3. The van der Waals surface area contributed by atoms with Crippen LogP contribution in [0.2, 0.25) is 0 Å². The Morgan fingerprint density at radius 1 is 0.850 bits per heavy atom. The van der Waals surface area contributed by atoms with Crippen molar-refractivity contribution in [2.24, 2.45) is 17.8 Å². The standard InChI is InChI=1S/C37H54O3/c1-4-6-7-8-11-14-31-15-17-32(18-16-31)19-20-33-21-25-36(26-22-33)40-37(38)34-23-27-35(28-24-34)39-29-12-9-10-13-30(3)5-2/h4,6,21-28,30-32H,5,7-20,29H2,1-3H3/b6-4+/t30-,31?,32?/m0/s1. The first-order chi connectivity index (χ1) is 19.6. The summed E-state index contributed by atoms with van der Waals surface area (Å²) in [6.45, 7) is 7.40. The van der Waals surface area contributed by atoms with Crippen LogP contribution in [0.4, 0.5) is 0 Å². The SMILES string of the molecule is C/C=C/CCCCC1CCC(CCc2ccc(OC(=O)c3ccc(OCCCCC[C@@H](C)CC)cc3)cc2)CC1. The predicted molar refractivity (Wildman–Crippen MR) is 168 cm³/mol. The predicted octanol–water partition coefficient (Wildman–Crippen LogP) is 10.8. The minimum absolute atomic E-state index is 0.331. The summed E-state index contributed by atoms with van der Waals surface area (Å²) in [4.78, 5) is 12.6. The number of carbonyl (C=O) groups excluding carboxylic acids is 1. The van der Waals surface area contributed by atoms with E-state index in [2.05, 4.69) is 45.1 Å². The lowest BCUT2D eigenvalue weighted by Crippen LogP contribution is -2.15. The Kier molecular flexibility index (Phi) is 15.0.